The third-order valence-electron chi connectivity index (χ3n) is 8.37. The maximum Gasteiger partial charge on any atom is 0.252 e. The van der Waals surface area contributed by atoms with E-state index in [1.165, 1.54) is 17.7 Å². The van der Waals surface area contributed by atoms with Crippen LogP contribution in [0.4, 0.5) is 5.69 Å². The highest BCUT2D eigenvalue weighted by Gasteiger charge is 2.37. The van der Waals surface area contributed by atoms with Crippen LogP contribution in [0.5, 0.6) is 5.75 Å². The van der Waals surface area contributed by atoms with Gasteiger partial charge in [-0.25, -0.2) is 4.98 Å². The molecule has 0 spiro atoms. The number of methoxy groups -OCH3 is 2. The molecule has 2 saturated heterocycles. The van der Waals surface area contributed by atoms with Gasteiger partial charge in [-0.3, -0.25) is 19.3 Å². The summed E-state index contributed by atoms with van der Waals surface area (Å²) in [4.78, 5) is 47.9. The Balaban J connectivity index is 0.000000584. The molecular formula is C34H41N5O5. The van der Waals surface area contributed by atoms with E-state index in [0.29, 0.717) is 25.9 Å². The van der Waals surface area contributed by atoms with Gasteiger partial charge in [-0.05, 0) is 60.9 Å². The number of ether oxygens (including phenoxy) is 2. The summed E-state index contributed by atoms with van der Waals surface area (Å²) in [7, 11) is 3.34. The number of anilines is 1. The van der Waals surface area contributed by atoms with Gasteiger partial charge in [0.15, 0.2) is 0 Å². The van der Waals surface area contributed by atoms with Crippen molar-refractivity contribution in [1.82, 2.24) is 19.4 Å². The average Bonchev–Trinajstić information content (AvgIpc) is 3.40. The van der Waals surface area contributed by atoms with E-state index in [9.17, 15) is 14.4 Å². The number of carbonyl (C=O) groups excluding carboxylic acids is 3. The van der Waals surface area contributed by atoms with Gasteiger partial charge in [0.1, 0.15) is 17.4 Å². The smallest absolute Gasteiger partial charge is 0.252 e. The number of benzene rings is 2. The lowest BCUT2D eigenvalue weighted by atomic mass is 10.0. The van der Waals surface area contributed by atoms with E-state index in [0.717, 1.165) is 65.0 Å². The van der Waals surface area contributed by atoms with Crippen molar-refractivity contribution in [1.29, 1.82) is 0 Å². The number of amides is 3. The van der Waals surface area contributed by atoms with Crippen molar-refractivity contribution in [2.75, 3.05) is 51.9 Å². The summed E-state index contributed by atoms with van der Waals surface area (Å²) in [6.07, 6.45) is 5.79. The maximum atomic E-state index is 13.8. The first kappa shape index (κ1) is 31.0. The highest BCUT2D eigenvalue weighted by Crippen LogP contribution is 2.37. The van der Waals surface area contributed by atoms with E-state index in [2.05, 4.69) is 35.0 Å². The molecule has 232 valence electrons. The van der Waals surface area contributed by atoms with Crippen LogP contribution in [-0.2, 0) is 25.7 Å². The fraction of sp³-hybridized carbons (Fsp3) is 0.412. The molecule has 10 nitrogen and oxygen atoms in total. The van der Waals surface area contributed by atoms with Crippen LogP contribution in [0, 0.1) is 0 Å². The number of nitrogens with zero attached hydrogens (tertiary/aromatic N) is 5. The first-order valence-electron chi connectivity index (χ1n) is 15.3. The number of likely N-dealkylation sites (tertiary alicyclic amines) is 1. The van der Waals surface area contributed by atoms with Gasteiger partial charge in [-0.15, -0.1) is 0 Å². The summed E-state index contributed by atoms with van der Waals surface area (Å²) >= 11 is 0. The third kappa shape index (κ3) is 6.55. The Morgan fingerprint density at radius 2 is 1.75 bits per heavy atom. The highest BCUT2D eigenvalue weighted by molar-refractivity contribution is 6.09. The van der Waals surface area contributed by atoms with E-state index >= 15 is 0 Å². The summed E-state index contributed by atoms with van der Waals surface area (Å²) in [5.41, 5.74) is 3.61. The summed E-state index contributed by atoms with van der Waals surface area (Å²) in [6, 6.07) is 17.1. The number of piperazine rings is 1. The van der Waals surface area contributed by atoms with Crippen molar-refractivity contribution in [3.05, 3.63) is 66.4 Å². The lowest BCUT2D eigenvalue weighted by Crippen LogP contribution is -2.45. The molecule has 1 atom stereocenters. The summed E-state index contributed by atoms with van der Waals surface area (Å²) in [5.74, 6) is 0.354. The van der Waals surface area contributed by atoms with Crippen LogP contribution < -0.4 is 9.64 Å². The van der Waals surface area contributed by atoms with Crippen LogP contribution in [0.15, 0.2) is 60.8 Å². The molecule has 2 aromatic heterocycles. The Bertz CT molecular complexity index is 1590. The number of piperidine rings is 1. The minimum atomic E-state index is -0.525. The number of pyridine rings is 1. The molecule has 44 heavy (non-hydrogen) atoms. The monoisotopic (exact) mass is 599 g/mol. The fourth-order valence-electron chi connectivity index (χ4n) is 5.89. The third-order valence-corrected chi connectivity index (χ3v) is 8.37. The second-order valence-corrected chi connectivity index (χ2v) is 11.1. The second-order valence-electron chi connectivity index (χ2n) is 11.1. The van der Waals surface area contributed by atoms with Crippen LogP contribution in [0.25, 0.3) is 21.9 Å². The molecule has 4 heterocycles. The molecule has 4 aromatic rings. The maximum absolute atomic E-state index is 13.8. The Morgan fingerprint density at radius 1 is 0.977 bits per heavy atom. The second kappa shape index (κ2) is 14.4. The van der Waals surface area contributed by atoms with E-state index in [1.807, 2.05) is 41.0 Å². The molecule has 2 aromatic carbocycles. The van der Waals surface area contributed by atoms with Crippen LogP contribution in [-0.4, -0.2) is 84.6 Å². The largest absolute Gasteiger partial charge is 0.497 e. The Labute approximate surface area is 258 Å². The zero-order valence-corrected chi connectivity index (χ0v) is 25.8. The van der Waals surface area contributed by atoms with Gasteiger partial charge >= 0.3 is 0 Å². The minimum Gasteiger partial charge on any atom is -0.497 e. The number of hydrogen-bond acceptors (Lipinski definition) is 7. The van der Waals surface area contributed by atoms with E-state index < -0.39 is 6.04 Å². The van der Waals surface area contributed by atoms with Gasteiger partial charge in [0.25, 0.3) is 5.91 Å². The van der Waals surface area contributed by atoms with E-state index in [4.69, 9.17) is 9.47 Å². The van der Waals surface area contributed by atoms with Gasteiger partial charge in [-0.1, -0.05) is 25.5 Å². The predicted octanol–water partition coefficient (Wildman–Crippen LogP) is 4.80. The number of hydrogen-bond donors (Lipinski definition) is 0. The SMILES string of the molecule is CCCCOC.COc1ccc(CN2C(=O)CCC(n3c4ccc(N5CCN(C=O)CC5)cc4c4cccnc43)C2=O)cc1. The van der Waals surface area contributed by atoms with Crippen molar-refractivity contribution in [3.8, 4) is 5.75 Å². The van der Waals surface area contributed by atoms with Gasteiger partial charge in [-0.2, -0.15) is 0 Å². The molecule has 2 fully saturated rings. The molecule has 0 radical (unpaired) electrons. The number of rotatable bonds is 9. The van der Waals surface area contributed by atoms with Crippen molar-refractivity contribution in [3.63, 3.8) is 0 Å². The Morgan fingerprint density at radius 3 is 2.41 bits per heavy atom. The molecule has 0 aliphatic carbocycles. The molecule has 0 N–H and O–H groups in total. The normalized spacial score (nSPS) is 17.2. The topological polar surface area (TPSA) is 97.2 Å². The molecule has 3 amide bonds. The number of aromatic nitrogens is 2. The molecule has 10 heteroatoms. The summed E-state index contributed by atoms with van der Waals surface area (Å²) in [5, 5.41) is 2.00. The first-order valence-corrected chi connectivity index (χ1v) is 15.3. The van der Waals surface area contributed by atoms with Crippen LogP contribution in [0.3, 0.4) is 0 Å². The van der Waals surface area contributed by atoms with Crippen LogP contribution >= 0.6 is 0 Å². The van der Waals surface area contributed by atoms with Crippen molar-refractivity contribution in [2.24, 2.45) is 0 Å². The molecule has 2 aliphatic rings. The van der Waals surface area contributed by atoms with E-state index in [1.54, 1.807) is 25.3 Å². The molecule has 1 unspecified atom stereocenters. The van der Waals surface area contributed by atoms with Gasteiger partial charge in [0, 0.05) is 69.0 Å². The number of unbranched alkanes of at least 4 members (excludes halogenated alkanes) is 1. The Kier molecular flexibility index (Phi) is 10.1. The van der Waals surface area contributed by atoms with Crippen LogP contribution in [0.1, 0.15) is 44.2 Å². The quantitative estimate of drug-likeness (QED) is 0.155. The van der Waals surface area contributed by atoms with Gasteiger partial charge in [0.2, 0.25) is 12.3 Å². The zero-order valence-electron chi connectivity index (χ0n) is 25.8. The molecule has 6 rings (SSSR count). The lowest BCUT2D eigenvalue weighted by Gasteiger charge is -2.34. The van der Waals surface area contributed by atoms with E-state index in [-0.39, 0.29) is 18.4 Å². The predicted molar refractivity (Wildman–Crippen MR) is 171 cm³/mol. The van der Waals surface area contributed by atoms with Crippen molar-refractivity contribution in [2.45, 2.75) is 45.2 Å². The van der Waals surface area contributed by atoms with Gasteiger partial charge in [0.05, 0.1) is 19.2 Å². The molecular weight excluding hydrogens is 558 g/mol. The van der Waals surface area contributed by atoms with Crippen molar-refractivity contribution < 1.29 is 23.9 Å². The molecule has 0 bridgehead atoms. The van der Waals surface area contributed by atoms with Crippen LogP contribution in [0.2, 0.25) is 0 Å². The first-order chi connectivity index (χ1) is 21.5. The van der Waals surface area contributed by atoms with Crippen molar-refractivity contribution >= 4 is 45.8 Å². The fourth-order valence-corrected chi connectivity index (χ4v) is 5.89. The minimum absolute atomic E-state index is 0.160. The number of imide groups is 1. The Hall–Kier alpha value is -4.44. The zero-order chi connectivity index (χ0) is 31.1. The van der Waals surface area contributed by atoms with Gasteiger partial charge < -0.3 is 23.8 Å². The number of fused-ring (bicyclic) bond motifs is 3. The summed E-state index contributed by atoms with van der Waals surface area (Å²) < 4.78 is 12.0. The highest BCUT2D eigenvalue weighted by atomic mass is 16.5. The lowest BCUT2D eigenvalue weighted by molar-refractivity contribution is -0.151. The molecule has 0 saturated carbocycles. The molecule has 2 aliphatic heterocycles. The summed E-state index contributed by atoms with van der Waals surface area (Å²) in [6.45, 7) is 6.21. The average molecular weight is 600 g/mol. The number of carbonyl (C=O) groups is 3. The standard InChI is InChI=1S/C29H29N5O4.C5H12O/c1-38-22-7-4-20(5-8-22)18-33-27(36)11-10-26(29(33)37)34-25-9-6-21(32-15-13-31(19-35)14-16-32)17-24(25)23-3-2-12-30-28(23)34;1-3-4-5-6-2/h2-9,12,17,19,26H,10-11,13-16,18H2,1H3;3-5H2,1-2H3.